The minimum atomic E-state index is 0.162. The maximum Gasteiger partial charge on any atom is 0.203 e. The highest BCUT2D eigenvalue weighted by atomic mass is 32.2. The SMILES string of the molecule is COCOc1c(C)c(CSc2ccccc2)cc(OC)c1OC. The number of thioether (sulfide) groups is 1. The van der Waals surface area contributed by atoms with Gasteiger partial charge in [0.1, 0.15) is 0 Å². The summed E-state index contributed by atoms with van der Waals surface area (Å²) in [5.74, 6) is 2.74. The summed E-state index contributed by atoms with van der Waals surface area (Å²) in [6.45, 7) is 2.18. The van der Waals surface area contributed by atoms with Crippen LogP contribution in [0.25, 0.3) is 0 Å². The summed E-state index contributed by atoms with van der Waals surface area (Å²) in [6, 6.07) is 12.3. The minimum absolute atomic E-state index is 0.162. The van der Waals surface area contributed by atoms with Gasteiger partial charge in [0.15, 0.2) is 18.3 Å². The highest BCUT2D eigenvalue weighted by Crippen LogP contribution is 2.43. The fourth-order valence-electron chi connectivity index (χ4n) is 2.22. The Hall–Kier alpha value is -1.85. The third-order valence-electron chi connectivity index (χ3n) is 3.44. The molecular formula is C18H22O4S. The molecule has 0 atom stereocenters. The first-order valence-corrected chi connectivity index (χ1v) is 8.23. The van der Waals surface area contributed by atoms with E-state index in [9.17, 15) is 0 Å². The summed E-state index contributed by atoms with van der Waals surface area (Å²) in [4.78, 5) is 1.22. The molecule has 0 fully saturated rings. The Bertz CT molecular complexity index is 629. The van der Waals surface area contributed by atoms with Gasteiger partial charge in [0.25, 0.3) is 0 Å². The Morgan fingerprint density at radius 3 is 2.30 bits per heavy atom. The van der Waals surface area contributed by atoms with Crippen LogP contribution in [0.15, 0.2) is 41.3 Å². The second-order valence-corrected chi connectivity index (χ2v) is 5.93. The molecule has 0 bridgehead atoms. The molecule has 0 aliphatic heterocycles. The topological polar surface area (TPSA) is 36.9 Å². The van der Waals surface area contributed by atoms with Gasteiger partial charge in [-0.3, -0.25) is 0 Å². The van der Waals surface area contributed by atoms with Crippen molar-refractivity contribution < 1.29 is 18.9 Å². The molecule has 2 aromatic rings. The third kappa shape index (κ3) is 4.33. The highest BCUT2D eigenvalue weighted by molar-refractivity contribution is 7.98. The lowest BCUT2D eigenvalue weighted by atomic mass is 10.1. The summed E-state index contributed by atoms with van der Waals surface area (Å²) < 4.78 is 21.6. The van der Waals surface area contributed by atoms with Crippen molar-refractivity contribution in [3.05, 3.63) is 47.5 Å². The van der Waals surface area contributed by atoms with E-state index >= 15 is 0 Å². The quantitative estimate of drug-likeness (QED) is 0.532. The average molecular weight is 334 g/mol. The molecule has 5 heteroatoms. The van der Waals surface area contributed by atoms with Gasteiger partial charge in [-0.15, -0.1) is 11.8 Å². The van der Waals surface area contributed by atoms with E-state index in [2.05, 4.69) is 12.1 Å². The zero-order valence-corrected chi connectivity index (χ0v) is 14.7. The Balaban J connectivity index is 2.31. The zero-order valence-electron chi connectivity index (χ0n) is 13.9. The Morgan fingerprint density at radius 2 is 1.70 bits per heavy atom. The summed E-state index contributed by atoms with van der Waals surface area (Å²) in [5.41, 5.74) is 2.17. The van der Waals surface area contributed by atoms with Gasteiger partial charge in [-0.1, -0.05) is 18.2 Å². The van der Waals surface area contributed by atoms with E-state index in [0.717, 1.165) is 16.9 Å². The molecular weight excluding hydrogens is 312 g/mol. The first-order valence-electron chi connectivity index (χ1n) is 7.25. The molecule has 0 N–H and O–H groups in total. The van der Waals surface area contributed by atoms with Crippen molar-refractivity contribution in [2.24, 2.45) is 0 Å². The number of hydrogen-bond donors (Lipinski definition) is 0. The third-order valence-corrected chi connectivity index (χ3v) is 4.50. The van der Waals surface area contributed by atoms with Crippen molar-refractivity contribution >= 4 is 11.8 Å². The summed E-state index contributed by atoms with van der Waals surface area (Å²) >= 11 is 1.77. The number of rotatable bonds is 8. The van der Waals surface area contributed by atoms with Gasteiger partial charge in [-0.2, -0.15) is 0 Å². The van der Waals surface area contributed by atoms with Crippen LogP contribution in [0.3, 0.4) is 0 Å². The van der Waals surface area contributed by atoms with E-state index in [1.807, 2.05) is 31.2 Å². The zero-order chi connectivity index (χ0) is 16.7. The standard InChI is InChI=1S/C18H22O4S/c1-13-14(11-23-15-8-6-5-7-9-15)10-16(20-3)18(21-4)17(13)22-12-19-2/h5-10H,11-12H2,1-4H3. The van der Waals surface area contributed by atoms with Gasteiger partial charge in [-0.25, -0.2) is 0 Å². The Labute approximate surface area is 141 Å². The molecule has 124 valence electrons. The molecule has 0 radical (unpaired) electrons. The Morgan fingerprint density at radius 1 is 0.957 bits per heavy atom. The van der Waals surface area contributed by atoms with E-state index in [0.29, 0.717) is 17.2 Å². The first-order chi connectivity index (χ1) is 11.2. The van der Waals surface area contributed by atoms with Crippen LogP contribution in [0.1, 0.15) is 11.1 Å². The van der Waals surface area contributed by atoms with Gasteiger partial charge in [0, 0.05) is 17.8 Å². The van der Waals surface area contributed by atoms with Crippen molar-refractivity contribution in [1.29, 1.82) is 0 Å². The van der Waals surface area contributed by atoms with Crippen molar-refractivity contribution in [1.82, 2.24) is 0 Å². The molecule has 0 aliphatic rings. The van der Waals surface area contributed by atoms with Crippen LogP contribution in [-0.4, -0.2) is 28.1 Å². The molecule has 0 unspecified atom stereocenters. The maximum atomic E-state index is 5.71. The average Bonchev–Trinajstić information content (AvgIpc) is 2.60. The second kappa shape index (κ2) is 8.70. The molecule has 2 aromatic carbocycles. The monoisotopic (exact) mass is 334 g/mol. The second-order valence-electron chi connectivity index (χ2n) is 4.88. The maximum absolute atomic E-state index is 5.71. The first kappa shape index (κ1) is 17.5. The van der Waals surface area contributed by atoms with Gasteiger partial charge in [0.05, 0.1) is 14.2 Å². The van der Waals surface area contributed by atoms with Gasteiger partial charge >= 0.3 is 0 Å². The van der Waals surface area contributed by atoms with Crippen molar-refractivity contribution in [2.75, 3.05) is 28.1 Å². The number of ether oxygens (including phenoxy) is 4. The van der Waals surface area contributed by atoms with Crippen molar-refractivity contribution in [3.63, 3.8) is 0 Å². The van der Waals surface area contributed by atoms with Crippen LogP contribution in [0.5, 0.6) is 17.2 Å². The fraction of sp³-hybridized carbons (Fsp3) is 0.333. The normalized spacial score (nSPS) is 10.4. The number of methoxy groups -OCH3 is 3. The van der Waals surface area contributed by atoms with E-state index in [-0.39, 0.29) is 6.79 Å². The molecule has 0 saturated heterocycles. The van der Waals surface area contributed by atoms with E-state index in [4.69, 9.17) is 18.9 Å². The van der Waals surface area contributed by atoms with Crippen LogP contribution >= 0.6 is 11.8 Å². The molecule has 0 spiro atoms. The molecule has 0 aliphatic carbocycles. The van der Waals surface area contributed by atoms with Crippen LogP contribution in [-0.2, 0) is 10.5 Å². The summed E-state index contributed by atoms with van der Waals surface area (Å²) in [6.07, 6.45) is 0. The van der Waals surface area contributed by atoms with Gasteiger partial charge in [-0.05, 0) is 36.2 Å². The van der Waals surface area contributed by atoms with Crippen LogP contribution < -0.4 is 14.2 Å². The number of benzene rings is 2. The minimum Gasteiger partial charge on any atom is -0.493 e. The summed E-state index contributed by atoms with van der Waals surface area (Å²) in [5, 5.41) is 0. The Kier molecular flexibility index (Phi) is 6.62. The predicted octanol–water partition coefficient (Wildman–Crippen LogP) is 4.29. The van der Waals surface area contributed by atoms with Crippen LogP contribution in [0.2, 0.25) is 0 Å². The molecule has 23 heavy (non-hydrogen) atoms. The van der Waals surface area contributed by atoms with E-state index in [1.54, 1.807) is 33.1 Å². The van der Waals surface area contributed by atoms with Crippen LogP contribution in [0, 0.1) is 6.92 Å². The highest BCUT2D eigenvalue weighted by Gasteiger charge is 2.18. The molecule has 0 saturated carbocycles. The molecule has 0 heterocycles. The van der Waals surface area contributed by atoms with Crippen molar-refractivity contribution in [3.8, 4) is 17.2 Å². The smallest absolute Gasteiger partial charge is 0.203 e. The largest absolute Gasteiger partial charge is 0.493 e. The van der Waals surface area contributed by atoms with Crippen molar-refractivity contribution in [2.45, 2.75) is 17.6 Å². The van der Waals surface area contributed by atoms with Gasteiger partial charge < -0.3 is 18.9 Å². The predicted molar refractivity (Wildman–Crippen MR) is 92.8 cm³/mol. The fourth-order valence-corrected chi connectivity index (χ4v) is 3.20. The number of hydrogen-bond acceptors (Lipinski definition) is 5. The molecule has 0 aromatic heterocycles. The molecule has 0 amide bonds. The van der Waals surface area contributed by atoms with E-state index in [1.165, 1.54) is 4.90 Å². The summed E-state index contributed by atoms with van der Waals surface area (Å²) in [7, 11) is 4.82. The molecule has 2 rings (SSSR count). The molecule has 4 nitrogen and oxygen atoms in total. The van der Waals surface area contributed by atoms with Gasteiger partial charge in [0.2, 0.25) is 5.75 Å². The lowest BCUT2D eigenvalue weighted by molar-refractivity contribution is 0.0483. The lowest BCUT2D eigenvalue weighted by Crippen LogP contribution is -2.05. The van der Waals surface area contributed by atoms with Crippen LogP contribution in [0.4, 0.5) is 0 Å². The lowest BCUT2D eigenvalue weighted by Gasteiger charge is -2.18. The van der Waals surface area contributed by atoms with E-state index < -0.39 is 0 Å².